The van der Waals surface area contributed by atoms with Crippen LogP contribution in [0, 0.1) is 19.8 Å². The van der Waals surface area contributed by atoms with Gasteiger partial charge in [-0.3, -0.25) is 4.90 Å². The van der Waals surface area contributed by atoms with E-state index < -0.39 is 0 Å². The Balaban J connectivity index is 1.68. The summed E-state index contributed by atoms with van der Waals surface area (Å²) in [5.74, 6) is 2.29. The van der Waals surface area contributed by atoms with E-state index in [0.717, 1.165) is 42.0 Å². The van der Waals surface area contributed by atoms with Crippen LogP contribution in [0.25, 0.3) is 0 Å². The Morgan fingerprint density at radius 3 is 2.67 bits per heavy atom. The summed E-state index contributed by atoms with van der Waals surface area (Å²) in [5, 5.41) is 8.04. The van der Waals surface area contributed by atoms with Gasteiger partial charge < -0.3 is 15.4 Å². The van der Waals surface area contributed by atoms with Crippen molar-refractivity contribution in [3.63, 3.8) is 0 Å². The number of piperidine rings is 1. The highest BCUT2D eigenvalue weighted by Gasteiger charge is 2.30. The van der Waals surface area contributed by atoms with Crippen LogP contribution >= 0.6 is 11.3 Å². The van der Waals surface area contributed by atoms with Crippen LogP contribution in [0.5, 0.6) is 5.75 Å². The first-order valence-electron chi connectivity index (χ1n) is 10.8. The fourth-order valence-corrected chi connectivity index (χ4v) is 4.98. The molecule has 2 heterocycles. The van der Waals surface area contributed by atoms with Gasteiger partial charge in [-0.25, -0.2) is 9.98 Å². The Morgan fingerprint density at radius 1 is 1.27 bits per heavy atom. The van der Waals surface area contributed by atoms with Crippen molar-refractivity contribution in [3.8, 4) is 5.75 Å². The topological polar surface area (TPSA) is 61.8 Å². The number of rotatable bonds is 7. The molecule has 2 atom stereocenters. The minimum absolute atomic E-state index is 0.393. The molecule has 1 aromatic carbocycles. The van der Waals surface area contributed by atoms with E-state index in [1.807, 2.05) is 0 Å². The molecule has 2 N–H and O–H groups in total. The van der Waals surface area contributed by atoms with E-state index in [1.54, 1.807) is 18.4 Å². The smallest absolute Gasteiger partial charge is 0.191 e. The number of nitrogens with one attached hydrogen (secondary N) is 2. The molecule has 6 nitrogen and oxygen atoms in total. The average Bonchev–Trinajstić information content (AvgIpc) is 3.07. The number of hydrogen-bond donors (Lipinski definition) is 2. The van der Waals surface area contributed by atoms with Crippen molar-refractivity contribution in [3.05, 3.63) is 45.4 Å². The van der Waals surface area contributed by atoms with Gasteiger partial charge in [0.05, 0.1) is 19.3 Å². The van der Waals surface area contributed by atoms with Gasteiger partial charge in [0.1, 0.15) is 10.8 Å². The first kappa shape index (κ1) is 22.6. The molecule has 1 saturated heterocycles. The Hall–Kier alpha value is -2.12. The monoisotopic (exact) mass is 429 g/mol. The molecule has 1 fully saturated rings. The number of ether oxygens (including phenoxy) is 1. The van der Waals surface area contributed by atoms with Gasteiger partial charge >= 0.3 is 0 Å². The molecule has 7 heteroatoms. The molecule has 3 rings (SSSR count). The van der Waals surface area contributed by atoms with E-state index >= 15 is 0 Å². The van der Waals surface area contributed by atoms with Crippen molar-refractivity contribution in [2.75, 3.05) is 33.8 Å². The number of methoxy groups -OCH3 is 1. The van der Waals surface area contributed by atoms with Gasteiger partial charge in [0, 0.05) is 24.0 Å². The van der Waals surface area contributed by atoms with Gasteiger partial charge in [0.15, 0.2) is 5.96 Å². The molecule has 0 aliphatic carbocycles. The lowest BCUT2D eigenvalue weighted by Gasteiger charge is -2.40. The molecule has 0 amide bonds. The largest absolute Gasteiger partial charge is 0.497 e. The summed E-state index contributed by atoms with van der Waals surface area (Å²) in [4.78, 5) is 13.1. The van der Waals surface area contributed by atoms with Crippen LogP contribution in [0.15, 0.2) is 29.3 Å². The van der Waals surface area contributed by atoms with Gasteiger partial charge in [-0.2, -0.15) is 0 Å². The van der Waals surface area contributed by atoms with E-state index in [0.29, 0.717) is 18.5 Å². The van der Waals surface area contributed by atoms with Gasteiger partial charge in [-0.05, 0) is 70.8 Å². The molecule has 1 aliphatic rings. The molecular weight excluding hydrogens is 394 g/mol. The maximum absolute atomic E-state index is 5.33. The molecule has 2 unspecified atom stereocenters. The Morgan fingerprint density at radius 2 is 2.03 bits per heavy atom. The predicted molar refractivity (Wildman–Crippen MR) is 125 cm³/mol. The van der Waals surface area contributed by atoms with Crippen molar-refractivity contribution in [1.29, 1.82) is 0 Å². The Bertz CT molecular complexity index is 813. The molecule has 30 heavy (non-hydrogen) atoms. The second kappa shape index (κ2) is 10.8. The van der Waals surface area contributed by atoms with Crippen molar-refractivity contribution in [2.24, 2.45) is 10.9 Å². The zero-order valence-corrected chi connectivity index (χ0v) is 19.7. The Labute approximate surface area is 184 Å². The zero-order valence-electron chi connectivity index (χ0n) is 18.9. The number of likely N-dealkylation sites (tertiary alicyclic amines) is 1. The number of thiazole rings is 1. The van der Waals surface area contributed by atoms with Crippen LogP contribution < -0.4 is 15.4 Å². The Kier molecular flexibility index (Phi) is 8.10. The summed E-state index contributed by atoms with van der Waals surface area (Å²) in [6.07, 6.45) is 2.43. The standard InChI is InChI=1S/C23H35N5OS/c1-6-24-23(26-15-21-27-16(2)17(3)30-21)25-14-19-8-7-13-28(4)22(19)18-9-11-20(29-5)12-10-18/h9-12,19,22H,6-8,13-15H2,1-5H3,(H2,24,25,26). The summed E-state index contributed by atoms with van der Waals surface area (Å²) in [6, 6.07) is 8.91. The van der Waals surface area contributed by atoms with E-state index in [2.05, 4.69) is 72.6 Å². The average molecular weight is 430 g/mol. The maximum atomic E-state index is 5.33. The molecular formula is C23H35N5OS. The SMILES string of the molecule is CCNC(=NCc1nc(C)c(C)s1)NCC1CCCN(C)C1c1ccc(OC)cc1. The molecule has 164 valence electrons. The third-order valence-corrected chi connectivity index (χ3v) is 6.84. The van der Waals surface area contributed by atoms with Gasteiger partial charge in [0.25, 0.3) is 0 Å². The molecule has 2 aromatic rings. The highest BCUT2D eigenvalue weighted by molar-refractivity contribution is 7.11. The van der Waals surface area contributed by atoms with E-state index in [9.17, 15) is 0 Å². The number of benzene rings is 1. The van der Waals surface area contributed by atoms with E-state index in [4.69, 9.17) is 9.73 Å². The minimum atomic E-state index is 0.393. The quantitative estimate of drug-likeness (QED) is 0.516. The lowest BCUT2D eigenvalue weighted by Crippen LogP contribution is -2.45. The third kappa shape index (κ3) is 5.73. The molecule has 1 aromatic heterocycles. The molecule has 0 bridgehead atoms. The third-order valence-electron chi connectivity index (χ3n) is 5.79. The second-order valence-electron chi connectivity index (χ2n) is 7.93. The van der Waals surface area contributed by atoms with Crippen molar-refractivity contribution in [2.45, 2.75) is 46.2 Å². The van der Waals surface area contributed by atoms with Gasteiger partial charge in [0.2, 0.25) is 0 Å². The van der Waals surface area contributed by atoms with Crippen LogP contribution in [-0.4, -0.2) is 49.6 Å². The number of nitrogens with zero attached hydrogens (tertiary/aromatic N) is 3. The van der Waals surface area contributed by atoms with Crippen LogP contribution in [0.2, 0.25) is 0 Å². The van der Waals surface area contributed by atoms with Gasteiger partial charge in [-0.1, -0.05) is 12.1 Å². The van der Waals surface area contributed by atoms with Crippen molar-refractivity contribution in [1.82, 2.24) is 20.5 Å². The van der Waals surface area contributed by atoms with Crippen molar-refractivity contribution < 1.29 is 4.74 Å². The lowest BCUT2D eigenvalue weighted by atomic mass is 9.85. The molecule has 0 saturated carbocycles. The summed E-state index contributed by atoms with van der Waals surface area (Å²) < 4.78 is 5.33. The normalized spacial score (nSPS) is 20.2. The molecule has 0 radical (unpaired) electrons. The van der Waals surface area contributed by atoms with Crippen LogP contribution in [0.4, 0.5) is 0 Å². The molecule has 0 spiro atoms. The molecule has 1 aliphatic heterocycles. The number of aryl methyl sites for hydroxylation is 2. The van der Waals surface area contributed by atoms with E-state index in [1.165, 1.54) is 23.3 Å². The second-order valence-corrected chi connectivity index (χ2v) is 9.21. The predicted octanol–water partition coefficient (Wildman–Crippen LogP) is 3.91. The van der Waals surface area contributed by atoms with Crippen LogP contribution in [0.1, 0.15) is 46.9 Å². The van der Waals surface area contributed by atoms with Gasteiger partial charge in [-0.15, -0.1) is 11.3 Å². The number of aliphatic imine (C=N–C) groups is 1. The highest BCUT2D eigenvalue weighted by atomic mass is 32.1. The summed E-state index contributed by atoms with van der Waals surface area (Å²) in [7, 11) is 3.94. The number of hydrogen-bond acceptors (Lipinski definition) is 5. The minimum Gasteiger partial charge on any atom is -0.497 e. The summed E-state index contributed by atoms with van der Waals surface area (Å²) in [6.45, 7) is 9.75. The van der Waals surface area contributed by atoms with E-state index in [-0.39, 0.29) is 0 Å². The summed E-state index contributed by atoms with van der Waals surface area (Å²) >= 11 is 1.73. The number of aromatic nitrogens is 1. The first-order chi connectivity index (χ1) is 14.5. The van der Waals surface area contributed by atoms with Crippen molar-refractivity contribution >= 4 is 17.3 Å². The van der Waals surface area contributed by atoms with Crippen LogP contribution in [-0.2, 0) is 6.54 Å². The highest BCUT2D eigenvalue weighted by Crippen LogP contribution is 2.35. The summed E-state index contributed by atoms with van der Waals surface area (Å²) in [5.41, 5.74) is 2.45. The fraction of sp³-hybridized carbons (Fsp3) is 0.565. The zero-order chi connectivity index (χ0) is 21.5. The number of guanidine groups is 1. The fourth-order valence-electron chi connectivity index (χ4n) is 4.12. The first-order valence-corrected chi connectivity index (χ1v) is 11.6. The van der Waals surface area contributed by atoms with Crippen LogP contribution in [0.3, 0.4) is 0 Å². The maximum Gasteiger partial charge on any atom is 0.191 e. The lowest BCUT2D eigenvalue weighted by molar-refractivity contribution is 0.122.